The van der Waals surface area contributed by atoms with Crippen molar-refractivity contribution < 1.29 is 4.79 Å². The van der Waals surface area contributed by atoms with Crippen molar-refractivity contribution in [1.29, 1.82) is 0 Å². The van der Waals surface area contributed by atoms with Crippen molar-refractivity contribution in [3.63, 3.8) is 0 Å². The Morgan fingerprint density at radius 2 is 2.22 bits per heavy atom. The number of piperidine rings is 1. The molecule has 0 aliphatic carbocycles. The number of nitrogens with zero attached hydrogens (tertiary/aromatic N) is 1. The van der Waals surface area contributed by atoms with E-state index in [4.69, 9.17) is 5.73 Å². The van der Waals surface area contributed by atoms with Gasteiger partial charge in [0.15, 0.2) is 0 Å². The Bertz CT molecular complexity index is 436. The Morgan fingerprint density at radius 3 is 2.89 bits per heavy atom. The number of benzene rings is 1. The monoisotopic (exact) mass is 358 g/mol. The van der Waals surface area contributed by atoms with Gasteiger partial charge in [-0.3, -0.25) is 4.79 Å². The molecular weight excluding hydrogens is 339 g/mol. The number of likely N-dealkylation sites (tertiary alicyclic amines) is 1. The first-order valence-electron chi connectivity index (χ1n) is 6.40. The summed E-state index contributed by atoms with van der Waals surface area (Å²) in [6, 6.07) is 7.93. The minimum absolute atomic E-state index is 0.127. The number of amides is 1. The largest absolute Gasteiger partial charge is 0.334 e. The number of halogens is 1. The Morgan fingerprint density at radius 1 is 1.50 bits per heavy atom. The van der Waals surface area contributed by atoms with E-state index in [9.17, 15) is 4.79 Å². The number of hydrogen-bond donors (Lipinski definition) is 1. The molecule has 1 aliphatic rings. The molecule has 1 amide bonds. The topological polar surface area (TPSA) is 46.3 Å². The lowest BCUT2D eigenvalue weighted by Gasteiger charge is -2.39. The highest BCUT2D eigenvalue weighted by Crippen LogP contribution is 2.25. The van der Waals surface area contributed by atoms with Gasteiger partial charge in [0.25, 0.3) is 5.91 Å². The number of carbonyl (C=O) groups is 1. The predicted molar refractivity (Wildman–Crippen MR) is 81.4 cm³/mol. The molecule has 0 bridgehead atoms. The van der Waals surface area contributed by atoms with E-state index in [0.717, 1.165) is 28.5 Å². The van der Waals surface area contributed by atoms with Gasteiger partial charge >= 0.3 is 0 Å². The molecule has 0 aromatic heterocycles. The fourth-order valence-electron chi connectivity index (χ4n) is 2.65. The highest BCUT2D eigenvalue weighted by molar-refractivity contribution is 14.1. The lowest BCUT2D eigenvalue weighted by atomic mass is 9.90. The zero-order chi connectivity index (χ0) is 13.1. The number of rotatable bonds is 2. The van der Waals surface area contributed by atoms with Crippen LogP contribution >= 0.6 is 22.6 Å². The number of nitrogens with two attached hydrogens (primary N) is 1. The van der Waals surface area contributed by atoms with Gasteiger partial charge in [-0.15, -0.1) is 0 Å². The highest BCUT2D eigenvalue weighted by atomic mass is 127. The molecule has 2 rings (SSSR count). The molecule has 18 heavy (non-hydrogen) atoms. The zero-order valence-corrected chi connectivity index (χ0v) is 12.8. The fourth-order valence-corrected chi connectivity index (χ4v) is 3.27. The van der Waals surface area contributed by atoms with Crippen molar-refractivity contribution in [2.75, 3.05) is 13.1 Å². The summed E-state index contributed by atoms with van der Waals surface area (Å²) in [5.41, 5.74) is 6.64. The van der Waals surface area contributed by atoms with Crippen molar-refractivity contribution in [1.82, 2.24) is 4.90 Å². The van der Waals surface area contributed by atoms with Crippen LogP contribution in [0.25, 0.3) is 0 Å². The molecule has 0 spiro atoms. The minimum atomic E-state index is 0.127. The Labute approximate surface area is 122 Å². The smallest absolute Gasteiger partial charge is 0.255 e. The number of hydrogen-bond acceptors (Lipinski definition) is 2. The van der Waals surface area contributed by atoms with Crippen LogP contribution in [-0.2, 0) is 0 Å². The van der Waals surface area contributed by atoms with E-state index in [1.807, 2.05) is 29.2 Å². The van der Waals surface area contributed by atoms with Gasteiger partial charge in [0.05, 0.1) is 5.56 Å². The third kappa shape index (κ3) is 2.69. The van der Waals surface area contributed by atoms with Crippen molar-refractivity contribution in [2.45, 2.75) is 25.8 Å². The summed E-state index contributed by atoms with van der Waals surface area (Å²) in [5, 5.41) is 0. The van der Waals surface area contributed by atoms with Gasteiger partial charge < -0.3 is 10.6 Å². The first-order chi connectivity index (χ1) is 8.65. The minimum Gasteiger partial charge on any atom is -0.334 e. The zero-order valence-electron chi connectivity index (χ0n) is 10.6. The molecule has 2 unspecified atom stereocenters. The average Bonchev–Trinajstić information content (AvgIpc) is 2.38. The van der Waals surface area contributed by atoms with Crippen LogP contribution in [0.2, 0.25) is 0 Å². The molecule has 98 valence electrons. The van der Waals surface area contributed by atoms with Crippen LogP contribution in [0.5, 0.6) is 0 Å². The quantitative estimate of drug-likeness (QED) is 0.826. The normalized spacial score (nSPS) is 24.1. The first kappa shape index (κ1) is 13.8. The van der Waals surface area contributed by atoms with Gasteiger partial charge in [-0.1, -0.05) is 19.1 Å². The van der Waals surface area contributed by atoms with E-state index in [0.29, 0.717) is 12.5 Å². The highest BCUT2D eigenvalue weighted by Gasteiger charge is 2.31. The number of carbonyl (C=O) groups excluding carboxylic acids is 1. The molecule has 1 aliphatic heterocycles. The summed E-state index contributed by atoms with van der Waals surface area (Å²) in [6.45, 7) is 3.57. The molecular formula is C14H19IN2O. The van der Waals surface area contributed by atoms with Gasteiger partial charge in [0, 0.05) is 22.7 Å². The van der Waals surface area contributed by atoms with E-state index in [1.165, 1.54) is 0 Å². The Hall–Kier alpha value is -0.620. The Kier molecular flexibility index (Phi) is 4.61. The second kappa shape index (κ2) is 6.02. The van der Waals surface area contributed by atoms with Crippen LogP contribution in [0, 0.1) is 9.49 Å². The van der Waals surface area contributed by atoms with Gasteiger partial charge in [-0.25, -0.2) is 0 Å². The SMILES string of the molecule is CC1CCCN(C(=O)c2ccccc2I)C1CN. The summed E-state index contributed by atoms with van der Waals surface area (Å²) in [4.78, 5) is 14.6. The van der Waals surface area contributed by atoms with E-state index in [2.05, 4.69) is 29.5 Å². The molecule has 1 heterocycles. The van der Waals surface area contributed by atoms with Crippen LogP contribution in [0.3, 0.4) is 0 Å². The summed E-state index contributed by atoms with van der Waals surface area (Å²) in [6.07, 6.45) is 2.24. The third-order valence-electron chi connectivity index (χ3n) is 3.72. The molecule has 1 saturated heterocycles. The van der Waals surface area contributed by atoms with Crippen LogP contribution in [0.4, 0.5) is 0 Å². The predicted octanol–water partition coefficient (Wildman–Crippen LogP) is 2.49. The Balaban J connectivity index is 2.25. The molecule has 1 aromatic carbocycles. The molecule has 3 nitrogen and oxygen atoms in total. The molecule has 1 fully saturated rings. The lowest BCUT2D eigenvalue weighted by molar-refractivity contribution is 0.0531. The van der Waals surface area contributed by atoms with Crippen molar-refractivity contribution in [3.05, 3.63) is 33.4 Å². The molecule has 1 aromatic rings. The van der Waals surface area contributed by atoms with Gasteiger partial charge in [-0.05, 0) is 53.5 Å². The lowest BCUT2D eigenvalue weighted by Crippen LogP contribution is -2.51. The van der Waals surface area contributed by atoms with Crippen LogP contribution in [-0.4, -0.2) is 29.9 Å². The maximum absolute atomic E-state index is 12.6. The molecule has 4 heteroatoms. The molecule has 2 N–H and O–H groups in total. The molecule has 0 saturated carbocycles. The summed E-state index contributed by atoms with van der Waals surface area (Å²) < 4.78 is 1.01. The van der Waals surface area contributed by atoms with E-state index in [1.54, 1.807) is 0 Å². The summed E-state index contributed by atoms with van der Waals surface area (Å²) >= 11 is 2.22. The summed E-state index contributed by atoms with van der Waals surface area (Å²) in [5.74, 6) is 0.621. The van der Waals surface area contributed by atoms with Gasteiger partial charge in [-0.2, -0.15) is 0 Å². The maximum Gasteiger partial charge on any atom is 0.255 e. The van der Waals surface area contributed by atoms with Crippen molar-refractivity contribution in [2.24, 2.45) is 11.7 Å². The second-order valence-electron chi connectivity index (χ2n) is 4.90. The first-order valence-corrected chi connectivity index (χ1v) is 7.48. The van der Waals surface area contributed by atoms with Crippen LogP contribution in [0.15, 0.2) is 24.3 Å². The van der Waals surface area contributed by atoms with Crippen LogP contribution in [0.1, 0.15) is 30.1 Å². The van der Waals surface area contributed by atoms with Crippen molar-refractivity contribution in [3.8, 4) is 0 Å². The van der Waals surface area contributed by atoms with E-state index < -0.39 is 0 Å². The average molecular weight is 358 g/mol. The van der Waals surface area contributed by atoms with Crippen molar-refractivity contribution >= 4 is 28.5 Å². The van der Waals surface area contributed by atoms with Gasteiger partial charge in [0.1, 0.15) is 0 Å². The van der Waals surface area contributed by atoms with Gasteiger partial charge in [0.2, 0.25) is 0 Å². The third-order valence-corrected chi connectivity index (χ3v) is 4.66. The fraction of sp³-hybridized carbons (Fsp3) is 0.500. The van der Waals surface area contributed by atoms with E-state index in [-0.39, 0.29) is 11.9 Å². The maximum atomic E-state index is 12.6. The molecule has 2 atom stereocenters. The summed E-state index contributed by atoms with van der Waals surface area (Å²) in [7, 11) is 0. The van der Waals surface area contributed by atoms with E-state index >= 15 is 0 Å². The second-order valence-corrected chi connectivity index (χ2v) is 6.06. The standard InChI is InChI=1S/C14H19IN2O/c1-10-5-4-8-17(13(10)9-16)14(18)11-6-2-3-7-12(11)15/h2-3,6-7,10,13H,4-5,8-9,16H2,1H3. The molecule has 0 radical (unpaired) electrons. The van der Waals surface area contributed by atoms with Crippen LogP contribution < -0.4 is 5.73 Å².